The van der Waals surface area contributed by atoms with Crippen molar-refractivity contribution in [1.29, 1.82) is 0 Å². The molecule has 0 spiro atoms. The largest absolute Gasteiger partial charge is 0.417 e. The summed E-state index contributed by atoms with van der Waals surface area (Å²) in [5, 5.41) is 3.08. The van der Waals surface area contributed by atoms with Crippen molar-refractivity contribution in [3.05, 3.63) is 22.8 Å². The molecule has 0 radical (unpaired) electrons. The molecule has 2 aliphatic rings. The first kappa shape index (κ1) is 22.2. The maximum Gasteiger partial charge on any atom is 0.417 e. The van der Waals surface area contributed by atoms with E-state index in [1.54, 1.807) is 0 Å². The molecule has 1 aromatic rings. The maximum absolute atomic E-state index is 12.8. The van der Waals surface area contributed by atoms with Crippen LogP contribution in [0.25, 0.3) is 0 Å². The topological polar surface area (TPSA) is 48.5 Å². The van der Waals surface area contributed by atoms with Gasteiger partial charge >= 0.3 is 6.18 Å². The van der Waals surface area contributed by atoms with E-state index >= 15 is 0 Å². The molecule has 0 aromatic carbocycles. The zero-order chi connectivity index (χ0) is 21.0. The number of pyridine rings is 1. The fraction of sp³-hybridized carbons (Fsp3) is 0.700. The Morgan fingerprint density at radius 1 is 1.24 bits per heavy atom. The maximum atomic E-state index is 12.8. The molecule has 1 saturated heterocycles. The van der Waals surface area contributed by atoms with Crippen LogP contribution in [0.5, 0.6) is 0 Å². The molecular formula is C20H28ClF3N4O. The van der Waals surface area contributed by atoms with E-state index in [1.165, 1.54) is 32.1 Å². The first-order valence-corrected chi connectivity index (χ1v) is 10.6. The van der Waals surface area contributed by atoms with Gasteiger partial charge in [0.15, 0.2) is 0 Å². The zero-order valence-electron chi connectivity index (χ0n) is 16.6. The van der Waals surface area contributed by atoms with E-state index in [1.807, 2.05) is 11.8 Å². The van der Waals surface area contributed by atoms with Gasteiger partial charge in [-0.1, -0.05) is 30.9 Å². The average Bonchev–Trinajstić information content (AvgIpc) is 2.71. The van der Waals surface area contributed by atoms with Crippen molar-refractivity contribution in [3.63, 3.8) is 0 Å². The molecule has 1 aliphatic carbocycles. The van der Waals surface area contributed by atoms with E-state index in [2.05, 4.69) is 15.2 Å². The van der Waals surface area contributed by atoms with E-state index in [-0.39, 0.29) is 17.0 Å². The molecular weight excluding hydrogens is 405 g/mol. The Hall–Kier alpha value is -1.54. The van der Waals surface area contributed by atoms with E-state index < -0.39 is 11.7 Å². The van der Waals surface area contributed by atoms with E-state index in [0.29, 0.717) is 37.9 Å². The first-order chi connectivity index (χ1) is 13.8. The number of hydrogen-bond acceptors (Lipinski definition) is 4. The van der Waals surface area contributed by atoms with Crippen LogP contribution in [-0.4, -0.2) is 54.6 Å². The van der Waals surface area contributed by atoms with Crippen molar-refractivity contribution in [2.24, 2.45) is 5.92 Å². The summed E-state index contributed by atoms with van der Waals surface area (Å²) in [6, 6.07) is 0.675. The Kier molecular flexibility index (Phi) is 7.27. The van der Waals surface area contributed by atoms with Crippen molar-refractivity contribution in [3.8, 4) is 0 Å². The lowest BCUT2D eigenvalue weighted by atomic mass is 9.89. The summed E-state index contributed by atoms with van der Waals surface area (Å²) < 4.78 is 38.3. The highest BCUT2D eigenvalue weighted by atomic mass is 35.5. The van der Waals surface area contributed by atoms with Gasteiger partial charge in [0, 0.05) is 38.9 Å². The highest BCUT2D eigenvalue weighted by molar-refractivity contribution is 6.33. The summed E-state index contributed by atoms with van der Waals surface area (Å²) in [7, 11) is 0. The van der Waals surface area contributed by atoms with Crippen LogP contribution in [-0.2, 0) is 11.0 Å². The molecule has 162 valence electrons. The quantitative estimate of drug-likeness (QED) is 0.765. The van der Waals surface area contributed by atoms with Gasteiger partial charge in [0.05, 0.1) is 16.6 Å². The van der Waals surface area contributed by atoms with Crippen LogP contribution in [0.15, 0.2) is 12.3 Å². The predicted octanol–water partition coefficient (Wildman–Crippen LogP) is 3.96. The number of carbonyl (C=O) groups is 1. The minimum atomic E-state index is -4.46. The molecule has 2 fully saturated rings. The summed E-state index contributed by atoms with van der Waals surface area (Å²) in [5.74, 6) is 0.980. The number of anilines is 1. The number of piperazine rings is 1. The fourth-order valence-corrected chi connectivity index (χ4v) is 4.38. The van der Waals surface area contributed by atoms with Crippen molar-refractivity contribution in [1.82, 2.24) is 15.2 Å². The van der Waals surface area contributed by atoms with Crippen LogP contribution in [0, 0.1) is 5.92 Å². The monoisotopic (exact) mass is 432 g/mol. The lowest BCUT2D eigenvalue weighted by Gasteiger charge is -2.38. The Morgan fingerprint density at radius 2 is 1.90 bits per heavy atom. The number of alkyl halides is 3. The van der Waals surface area contributed by atoms with Crippen LogP contribution < -0.4 is 10.2 Å². The van der Waals surface area contributed by atoms with Crippen LogP contribution >= 0.6 is 11.6 Å². The summed E-state index contributed by atoms with van der Waals surface area (Å²) in [5.41, 5.74) is -0.854. The van der Waals surface area contributed by atoms with E-state index in [9.17, 15) is 18.0 Å². The molecule has 9 heteroatoms. The Bertz CT molecular complexity index is 701. The van der Waals surface area contributed by atoms with Gasteiger partial charge in [-0.25, -0.2) is 4.98 Å². The Balaban J connectivity index is 1.50. The molecule has 0 bridgehead atoms. The summed E-state index contributed by atoms with van der Waals surface area (Å²) >= 11 is 6.05. The normalized spacial score (nSPS) is 20.5. The van der Waals surface area contributed by atoms with Crippen molar-refractivity contribution in [2.75, 3.05) is 37.6 Å². The number of carbonyl (C=O) groups excluding carboxylic acids is 1. The van der Waals surface area contributed by atoms with Gasteiger partial charge in [0.2, 0.25) is 5.91 Å². The third-order valence-corrected chi connectivity index (χ3v) is 6.26. The third-order valence-electron chi connectivity index (χ3n) is 5.98. The third kappa shape index (κ3) is 5.75. The van der Waals surface area contributed by atoms with Gasteiger partial charge in [-0.05, 0) is 31.7 Å². The molecule has 1 atom stereocenters. The molecule has 1 N–H and O–H groups in total. The Labute approximate surface area is 174 Å². The van der Waals surface area contributed by atoms with Gasteiger partial charge in [-0.15, -0.1) is 0 Å². The summed E-state index contributed by atoms with van der Waals surface area (Å²) in [6.07, 6.45) is 2.52. The fourth-order valence-electron chi connectivity index (χ4n) is 4.09. The number of nitrogens with one attached hydrogen (secondary N) is 1. The van der Waals surface area contributed by atoms with Crippen LogP contribution in [0.3, 0.4) is 0 Å². The number of aromatic nitrogens is 1. The van der Waals surface area contributed by atoms with Crippen molar-refractivity contribution >= 4 is 23.3 Å². The van der Waals surface area contributed by atoms with Crippen molar-refractivity contribution < 1.29 is 18.0 Å². The second-order valence-corrected chi connectivity index (χ2v) is 8.38. The molecule has 29 heavy (non-hydrogen) atoms. The van der Waals surface area contributed by atoms with Crippen LogP contribution in [0.4, 0.5) is 19.0 Å². The number of nitrogens with zero attached hydrogens (tertiary/aromatic N) is 3. The van der Waals surface area contributed by atoms with Crippen LogP contribution in [0.1, 0.15) is 44.6 Å². The molecule has 3 rings (SSSR count). The number of rotatable bonds is 5. The SMILES string of the molecule is CC(C(=O)NCC1CCCCC1)N1CCN(c2ncc(C(F)(F)F)cc2Cl)CC1. The average molecular weight is 433 g/mol. The van der Waals surface area contributed by atoms with Crippen molar-refractivity contribution in [2.45, 2.75) is 51.2 Å². The number of halogens is 4. The Morgan fingerprint density at radius 3 is 2.48 bits per heavy atom. The molecule has 1 amide bonds. The van der Waals surface area contributed by atoms with Gasteiger partial charge in [-0.3, -0.25) is 9.69 Å². The molecule has 5 nitrogen and oxygen atoms in total. The highest BCUT2D eigenvalue weighted by Crippen LogP contribution is 2.33. The van der Waals surface area contributed by atoms with Gasteiger partial charge in [0.1, 0.15) is 5.82 Å². The number of hydrogen-bond donors (Lipinski definition) is 1. The molecule has 1 aromatic heterocycles. The lowest BCUT2D eigenvalue weighted by Crippen LogP contribution is -2.54. The standard InChI is InChI=1S/C20H28ClF3N4O/c1-14(19(29)26-12-15-5-3-2-4-6-15)27-7-9-28(10-8-27)18-17(21)11-16(13-25-18)20(22,23)24/h11,13-15H,2-10,12H2,1H3,(H,26,29). The molecule has 1 saturated carbocycles. The highest BCUT2D eigenvalue weighted by Gasteiger charge is 2.33. The lowest BCUT2D eigenvalue weighted by molar-refractivity contribution is -0.137. The second kappa shape index (κ2) is 9.51. The first-order valence-electron chi connectivity index (χ1n) is 10.2. The summed E-state index contributed by atoms with van der Waals surface area (Å²) in [6.45, 7) is 4.99. The predicted molar refractivity (Wildman–Crippen MR) is 107 cm³/mol. The van der Waals surface area contributed by atoms with E-state index in [0.717, 1.165) is 18.8 Å². The van der Waals surface area contributed by atoms with Crippen LogP contribution in [0.2, 0.25) is 5.02 Å². The van der Waals surface area contributed by atoms with Gasteiger partial charge in [0.25, 0.3) is 0 Å². The minimum absolute atomic E-state index is 0.00783. The summed E-state index contributed by atoms with van der Waals surface area (Å²) in [4.78, 5) is 20.4. The molecule has 1 aliphatic heterocycles. The molecule has 1 unspecified atom stereocenters. The molecule has 2 heterocycles. The van der Waals surface area contributed by atoms with Gasteiger partial charge < -0.3 is 10.2 Å². The number of amides is 1. The zero-order valence-corrected chi connectivity index (χ0v) is 17.4. The smallest absolute Gasteiger partial charge is 0.354 e. The van der Waals surface area contributed by atoms with Gasteiger partial charge in [-0.2, -0.15) is 13.2 Å². The minimum Gasteiger partial charge on any atom is -0.354 e. The second-order valence-electron chi connectivity index (χ2n) is 7.98. The van der Waals surface area contributed by atoms with E-state index in [4.69, 9.17) is 11.6 Å².